The molecule has 3 heterocycles. The smallest absolute Gasteiger partial charge is 0.251 e. The molecule has 3 saturated heterocycles. The minimum atomic E-state index is -0.856. The lowest BCUT2D eigenvalue weighted by atomic mass is 9.70. The summed E-state index contributed by atoms with van der Waals surface area (Å²) in [6.07, 6.45) is 4.73. The predicted octanol–water partition coefficient (Wildman–Crippen LogP) is 5.91. The van der Waals surface area contributed by atoms with E-state index in [-0.39, 0.29) is 46.9 Å². The van der Waals surface area contributed by atoms with E-state index in [9.17, 15) is 14.7 Å². The van der Waals surface area contributed by atoms with E-state index in [4.69, 9.17) is 0 Å². The normalized spacial score (nSPS) is 27.7. The Labute approximate surface area is 286 Å². The van der Waals surface area contributed by atoms with Gasteiger partial charge in [-0.05, 0) is 48.9 Å². The number of likely N-dealkylation sites (tertiary alicyclic amines) is 1. The van der Waals surface area contributed by atoms with Crippen molar-refractivity contribution in [2.24, 2.45) is 17.8 Å². The first-order valence-electron chi connectivity index (χ1n) is 16.2. The number of carbonyl (C=O) groups is 3. The molecule has 3 unspecified atom stereocenters. The van der Waals surface area contributed by atoms with Crippen LogP contribution in [0.4, 0.5) is 5.69 Å². The number of hydrogen-bond acceptors (Lipinski definition) is 5. The first-order chi connectivity index (χ1) is 22.0. The Morgan fingerprint density at radius 1 is 1.13 bits per heavy atom. The Bertz CT molecular complexity index is 1490. The molecule has 0 aromatic heterocycles. The number of aliphatic hydroxyl groups is 1. The Kier molecular flexibility index (Phi) is 10.5. The van der Waals surface area contributed by atoms with Gasteiger partial charge in [0.15, 0.2) is 0 Å². The molecule has 3 aliphatic rings. The summed E-state index contributed by atoms with van der Waals surface area (Å²) in [6, 6.07) is 14.4. The molecule has 1 N–H and O–H groups in total. The fourth-order valence-corrected chi connectivity index (χ4v) is 11.4. The number of rotatable bonds is 13. The number of fused-ring (bicyclic) bond motifs is 1. The van der Waals surface area contributed by atoms with Gasteiger partial charge in [0, 0.05) is 35.4 Å². The van der Waals surface area contributed by atoms with E-state index in [1.165, 1.54) is 0 Å². The summed E-state index contributed by atoms with van der Waals surface area (Å²) in [7, 11) is 0. The zero-order valence-corrected chi connectivity index (χ0v) is 29.7. The van der Waals surface area contributed by atoms with E-state index >= 15 is 4.79 Å². The third kappa shape index (κ3) is 5.88. The van der Waals surface area contributed by atoms with Gasteiger partial charge in [0.1, 0.15) is 6.04 Å². The van der Waals surface area contributed by atoms with Gasteiger partial charge in [0.05, 0.1) is 29.2 Å². The van der Waals surface area contributed by atoms with Crippen molar-refractivity contribution >= 4 is 51.1 Å². The lowest BCUT2D eigenvalue weighted by Gasteiger charge is -2.41. The molecule has 46 heavy (non-hydrogen) atoms. The van der Waals surface area contributed by atoms with Crippen molar-refractivity contribution in [3.8, 4) is 0 Å². The van der Waals surface area contributed by atoms with Crippen LogP contribution < -0.4 is 4.90 Å². The van der Waals surface area contributed by atoms with E-state index in [0.717, 1.165) is 28.8 Å². The second-order valence-corrected chi connectivity index (χ2v) is 15.8. The van der Waals surface area contributed by atoms with Crippen LogP contribution in [0.5, 0.6) is 0 Å². The van der Waals surface area contributed by atoms with Gasteiger partial charge < -0.3 is 19.8 Å². The second kappa shape index (κ2) is 14.1. The Morgan fingerprint density at radius 2 is 1.83 bits per heavy atom. The van der Waals surface area contributed by atoms with Gasteiger partial charge in [-0.3, -0.25) is 14.4 Å². The zero-order valence-electron chi connectivity index (χ0n) is 27.3. The third-order valence-electron chi connectivity index (χ3n) is 10.2. The molecule has 3 amide bonds. The van der Waals surface area contributed by atoms with Gasteiger partial charge in [0.2, 0.25) is 11.8 Å². The molecule has 2 aromatic carbocycles. The zero-order chi connectivity index (χ0) is 33.3. The quantitative estimate of drug-likeness (QED) is 0.207. The van der Waals surface area contributed by atoms with Crippen LogP contribution in [-0.2, 0) is 20.9 Å². The van der Waals surface area contributed by atoms with Crippen LogP contribution in [0.15, 0.2) is 73.8 Å². The van der Waals surface area contributed by atoms with Crippen molar-refractivity contribution in [2.75, 3.05) is 24.6 Å². The number of nitrogens with zero attached hydrogens (tertiary/aromatic N) is 3. The summed E-state index contributed by atoms with van der Waals surface area (Å²) < 4.78 is -0.835. The van der Waals surface area contributed by atoms with Crippen LogP contribution in [-0.4, -0.2) is 79.2 Å². The Balaban J connectivity index is 1.63. The maximum Gasteiger partial charge on any atom is 0.251 e. The van der Waals surface area contributed by atoms with Crippen LogP contribution in [0.25, 0.3) is 0 Å². The molecule has 9 heteroatoms. The number of anilines is 1. The monoisotopic (exact) mass is 707 g/mol. The maximum absolute atomic E-state index is 15.1. The topological polar surface area (TPSA) is 81.2 Å². The number of amides is 3. The van der Waals surface area contributed by atoms with E-state index < -0.39 is 28.7 Å². The minimum Gasteiger partial charge on any atom is -0.394 e. The van der Waals surface area contributed by atoms with Gasteiger partial charge in [-0.25, -0.2) is 0 Å². The van der Waals surface area contributed by atoms with Crippen LogP contribution in [0, 0.1) is 31.6 Å². The minimum absolute atomic E-state index is 0.0560. The highest BCUT2D eigenvalue weighted by Crippen LogP contribution is 2.68. The largest absolute Gasteiger partial charge is 0.394 e. The Hall–Kier alpha value is -2.88. The summed E-state index contributed by atoms with van der Waals surface area (Å²) in [5.74, 6) is -1.87. The molecule has 7 nitrogen and oxygen atoms in total. The maximum atomic E-state index is 15.1. The number of benzene rings is 2. The number of carbonyl (C=O) groups excluding carboxylic acids is 3. The number of halogens is 1. The molecule has 246 valence electrons. The number of hydrogen-bond donors (Lipinski definition) is 1. The van der Waals surface area contributed by atoms with E-state index in [2.05, 4.69) is 29.1 Å². The second-order valence-electron chi connectivity index (χ2n) is 13.1. The molecule has 0 saturated carbocycles. The SMILES string of the molecule is C=CCN(Cc1ccccc1)C(=O)[C@H]1[C@@H]2SC3(CC2Br)C(C(=O)N(CC=C)c2cc(C)ccc2C)N([C@@H](CO)[C@@H](C)CC)C(=O)[C@H]13. The molecule has 0 aliphatic carbocycles. The number of thioether (sulfide) groups is 1. The molecule has 2 aromatic rings. The molecule has 3 aliphatic heterocycles. The lowest BCUT2D eigenvalue weighted by Crippen LogP contribution is -2.59. The van der Waals surface area contributed by atoms with E-state index in [1.54, 1.807) is 38.6 Å². The Morgan fingerprint density at radius 3 is 2.46 bits per heavy atom. The molecule has 2 bridgehead atoms. The van der Waals surface area contributed by atoms with E-state index in [1.807, 2.05) is 76.2 Å². The van der Waals surface area contributed by atoms with Gasteiger partial charge in [-0.1, -0.05) is 90.8 Å². The highest BCUT2D eigenvalue weighted by Gasteiger charge is 2.76. The summed E-state index contributed by atoms with van der Waals surface area (Å²) in [5.41, 5.74) is 3.74. The van der Waals surface area contributed by atoms with Crippen molar-refractivity contribution in [3.63, 3.8) is 0 Å². The fraction of sp³-hybridized carbons (Fsp3) is 0.486. The van der Waals surface area contributed by atoms with Crippen LogP contribution >= 0.6 is 27.7 Å². The summed E-state index contributed by atoms with van der Waals surface area (Å²) in [6.45, 7) is 16.6. The number of aryl methyl sites for hydroxylation is 2. The van der Waals surface area contributed by atoms with Crippen molar-refractivity contribution in [2.45, 2.75) is 74.0 Å². The summed E-state index contributed by atoms with van der Waals surface area (Å²) >= 11 is 5.53. The molecule has 3 fully saturated rings. The average Bonchev–Trinajstić information content (AvgIpc) is 3.64. The highest BCUT2D eigenvalue weighted by molar-refractivity contribution is 9.09. The van der Waals surface area contributed by atoms with Gasteiger partial charge in [-0.2, -0.15) is 0 Å². The van der Waals surface area contributed by atoms with Crippen LogP contribution in [0.1, 0.15) is 43.4 Å². The third-order valence-corrected chi connectivity index (χ3v) is 13.4. The molecule has 8 atom stereocenters. The fourth-order valence-electron chi connectivity index (χ4n) is 7.80. The first kappa shape index (κ1) is 34.5. The van der Waals surface area contributed by atoms with Crippen molar-refractivity contribution in [1.29, 1.82) is 0 Å². The van der Waals surface area contributed by atoms with Gasteiger partial charge >= 0.3 is 0 Å². The molecule has 1 spiro atoms. The van der Waals surface area contributed by atoms with Gasteiger partial charge in [-0.15, -0.1) is 24.9 Å². The average molecular weight is 709 g/mol. The van der Waals surface area contributed by atoms with E-state index in [0.29, 0.717) is 19.5 Å². The molecule has 5 rings (SSSR count). The van der Waals surface area contributed by atoms with Crippen molar-refractivity contribution in [3.05, 3.63) is 90.5 Å². The number of alkyl halides is 1. The van der Waals surface area contributed by atoms with Crippen LogP contribution in [0.3, 0.4) is 0 Å². The lowest BCUT2D eigenvalue weighted by molar-refractivity contribution is -0.146. The summed E-state index contributed by atoms with van der Waals surface area (Å²) in [4.78, 5) is 49.8. The molecular weight excluding hydrogens is 662 g/mol. The first-order valence-corrected chi connectivity index (χ1v) is 18.0. The van der Waals surface area contributed by atoms with Gasteiger partial charge in [0.25, 0.3) is 5.91 Å². The predicted molar refractivity (Wildman–Crippen MR) is 190 cm³/mol. The summed E-state index contributed by atoms with van der Waals surface area (Å²) in [5, 5.41) is 10.6. The van der Waals surface area contributed by atoms with Crippen LogP contribution in [0.2, 0.25) is 0 Å². The highest BCUT2D eigenvalue weighted by atomic mass is 79.9. The molecular formula is C37H46BrN3O4S. The number of aliphatic hydroxyl groups excluding tert-OH is 1. The van der Waals surface area contributed by atoms with Crippen molar-refractivity contribution < 1.29 is 19.5 Å². The van der Waals surface area contributed by atoms with Crippen molar-refractivity contribution in [1.82, 2.24) is 9.80 Å². The molecule has 0 radical (unpaired) electrons. The standard InChI is InChI=1S/C37H46BrN3O4S/c1-7-17-39(21-26-13-11-10-12-14-26)34(43)30-31-35(44)41(29(22-42)24(5)9-3)33(37(31)20-27(38)32(30)46-37)36(45)40(18-8-2)28-19-23(4)15-16-25(28)6/h7-8,10-16,19,24,27,29-33,42H,1-2,9,17-18,20-22H2,3-6H3/t24-,27?,29-,30+,31-,32+,33?,37?/m0/s1.